The molecule has 0 saturated heterocycles. The average molecular weight is 198 g/mol. The third-order valence-corrected chi connectivity index (χ3v) is 4.63. The Bertz CT molecular complexity index is 325. The molecule has 0 spiro atoms. The van der Waals surface area contributed by atoms with Gasteiger partial charge < -0.3 is 0 Å². The monoisotopic (exact) mass is 198 g/mol. The van der Waals surface area contributed by atoms with E-state index in [4.69, 9.17) is 0 Å². The Hall–Kier alpha value is -1.20. The molecule has 0 heterocycles. The van der Waals surface area contributed by atoms with Crippen LogP contribution in [0.25, 0.3) is 0 Å². The van der Waals surface area contributed by atoms with Gasteiger partial charge in [0, 0.05) is 34.5 Å². The summed E-state index contributed by atoms with van der Waals surface area (Å²) in [6.45, 7) is 0. The van der Waals surface area contributed by atoms with Crippen molar-refractivity contribution >= 4 is 0 Å². The van der Waals surface area contributed by atoms with E-state index >= 15 is 0 Å². The normalized spacial score (nSPS) is 52.9. The van der Waals surface area contributed by atoms with E-state index < -0.39 is 11.1 Å². The van der Waals surface area contributed by atoms with Crippen molar-refractivity contribution in [3.63, 3.8) is 0 Å². The highest BCUT2D eigenvalue weighted by Gasteiger charge is 2.83. The number of rotatable bonds is 2. The van der Waals surface area contributed by atoms with Crippen LogP contribution in [0.2, 0.25) is 0 Å². The van der Waals surface area contributed by atoms with E-state index in [0.29, 0.717) is 19.3 Å². The number of hydrogen-bond acceptors (Lipinski definition) is 4. The van der Waals surface area contributed by atoms with Gasteiger partial charge in [0.2, 0.25) is 11.1 Å². The van der Waals surface area contributed by atoms with Crippen molar-refractivity contribution in [2.24, 2.45) is 11.8 Å². The predicted octanol–water partition coefficient (Wildman–Crippen LogP) is 0.851. The lowest BCUT2D eigenvalue weighted by molar-refractivity contribution is -0.588. The third-order valence-electron chi connectivity index (χ3n) is 4.63. The maximum atomic E-state index is 11.0. The van der Waals surface area contributed by atoms with E-state index in [1.807, 2.05) is 0 Å². The lowest BCUT2D eigenvalue weighted by atomic mass is 9.91. The summed E-state index contributed by atoms with van der Waals surface area (Å²) < 4.78 is 0. The maximum Gasteiger partial charge on any atom is 0.232 e. The van der Waals surface area contributed by atoms with Gasteiger partial charge in [-0.25, -0.2) is 0 Å². The van der Waals surface area contributed by atoms with Gasteiger partial charge >= 0.3 is 0 Å². The van der Waals surface area contributed by atoms with Gasteiger partial charge in [0.05, 0.1) is 6.42 Å². The van der Waals surface area contributed by atoms with Crippen LogP contribution >= 0.6 is 0 Å². The molecule has 76 valence electrons. The average Bonchev–Trinajstić information content (AvgIpc) is 2.69. The van der Waals surface area contributed by atoms with Crippen LogP contribution in [0.1, 0.15) is 25.7 Å². The zero-order chi connectivity index (χ0) is 10.1. The Morgan fingerprint density at radius 3 is 1.64 bits per heavy atom. The van der Waals surface area contributed by atoms with Crippen LogP contribution in [0.4, 0.5) is 0 Å². The van der Waals surface area contributed by atoms with Crippen LogP contribution in [-0.2, 0) is 0 Å². The first-order valence-corrected chi connectivity index (χ1v) is 4.80. The first-order valence-electron chi connectivity index (χ1n) is 4.80. The zero-order valence-corrected chi connectivity index (χ0v) is 7.51. The minimum absolute atomic E-state index is 0.0344. The topological polar surface area (TPSA) is 86.3 Å². The Balaban J connectivity index is 2.08. The highest BCUT2D eigenvalue weighted by Crippen LogP contribution is 2.69. The van der Waals surface area contributed by atoms with Crippen molar-refractivity contribution < 1.29 is 9.85 Å². The Morgan fingerprint density at radius 1 is 1.00 bits per heavy atom. The minimum Gasteiger partial charge on any atom is -0.264 e. The summed E-state index contributed by atoms with van der Waals surface area (Å²) in [5.41, 5.74) is -1.87. The SMILES string of the molecule is O=[N+]([O-])[C@]12C[C@@H]3C[C@H]1C[C@]3([N+](=O)[O-])C2. The fraction of sp³-hybridized carbons (Fsp3) is 1.00. The molecule has 0 radical (unpaired) electrons. The summed E-state index contributed by atoms with van der Waals surface area (Å²) in [4.78, 5) is 21.4. The smallest absolute Gasteiger partial charge is 0.232 e. The molecule has 0 aromatic rings. The molecule has 4 bridgehead atoms. The molecule has 0 aromatic heterocycles. The number of hydrogen-bond donors (Lipinski definition) is 0. The first kappa shape index (κ1) is 8.14. The van der Waals surface area contributed by atoms with E-state index in [2.05, 4.69) is 0 Å². The third kappa shape index (κ3) is 0.566. The molecule has 0 aliphatic heterocycles. The van der Waals surface area contributed by atoms with E-state index in [1.165, 1.54) is 0 Å². The maximum absolute atomic E-state index is 11.0. The summed E-state index contributed by atoms with van der Waals surface area (Å²) in [6.07, 6.45) is 1.74. The van der Waals surface area contributed by atoms with Crippen molar-refractivity contribution in [3.8, 4) is 0 Å². The van der Waals surface area contributed by atoms with E-state index in [1.54, 1.807) is 0 Å². The highest BCUT2D eigenvalue weighted by molar-refractivity contribution is 5.21. The molecular weight excluding hydrogens is 188 g/mol. The van der Waals surface area contributed by atoms with Crippen LogP contribution in [0.3, 0.4) is 0 Å². The molecule has 4 saturated carbocycles. The molecule has 4 atom stereocenters. The summed E-state index contributed by atoms with van der Waals surface area (Å²) in [6, 6.07) is 0. The second kappa shape index (κ2) is 1.92. The van der Waals surface area contributed by atoms with Gasteiger partial charge in [0.25, 0.3) is 0 Å². The Labute approximate surface area is 79.6 Å². The fourth-order valence-corrected chi connectivity index (χ4v) is 4.05. The van der Waals surface area contributed by atoms with Gasteiger partial charge in [-0.1, -0.05) is 0 Å². The van der Waals surface area contributed by atoms with Crippen molar-refractivity contribution in [1.29, 1.82) is 0 Å². The summed E-state index contributed by atoms with van der Waals surface area (Å²) in [7, 11) is 0. The van der Waals surface area contributed by atoms with Crippen LogP contribution in [-0.4, -0.2) is 20.9 Å². The number of nitrogens with zero attached hydrogens (tertiary/aromatic N) is 2. The van der Waals surface area contributed by atoms with Crippen LogP contribution in [0.5, 0.6) is 0 Å². The largest absolute Gasteiger partial charge is 0.264 e. The fourth-order valence-electron chi connectivity index (χ4n) is 4.05. The van der Waals surface area contributed by atoms with Crippen molar-refractivity contribution in [3.05, 3.63) is 20.2 Å². The highest BCUT2D eigenvalue weighted by atomic mass is 16.6. The summed E-state index contributed by atoms with van der Waals surface area (Å²) in [5.74, 6) is -0.0687. The van der Waals surface area contributed by atoms with Gasteiger partial charge in [0.1, 0.15) is 0 Å². The van der Waals surface area contributed by atoms with E-state index in [-0.39, 0.29) is 28.1 Å². The predicted molar refractivity (Wildman–Crippen MR) is 44.9 cm³/mol. The lowest BCUT2D eigenvalue weighted by Gasteiger charge is -2.17. The molecular formula is C8H10N2O4. The molecule has 4 rings (SSSR count). The van der Waals surface area contributed by atoms with Gasteiger partial charge in [-0.3, -0.25) is 20.2 Å². The standard InChI is InChI=1S/C8H10N2O4/c11-9(12)7-2-5-1-6(7)3-8(5,4-7)10(13)14/h5-6H,1-4H2/t5-,6-,7-,8-/m0/s1. The quantitative estimate of drug-likeness (QED) is 0.486. The molecule has 6 nitrogen and oxygen atoms in total. The summed E-state index contributed by atoms with van der Waals surface area (Å²) in [5, 5.41) is 21.9. The summed E-state index contributed by atoms with van der Waals surface area (Å²) >= 11 is 0. The van der Waals surface area contributed by atoms with Crippen LogP contribution < -0.4 is 0 Å². The van der Waals surface area contributed by atoms with Crippen molar-refractivity contribution in [2.75, 3.05) is 0 Å². The molecule has 4 aliphatic rings. The van der Waals surface area contributed by atoms with Crippen molar-refractivity contribution in [2.45, 2.75) is 36.8 Å². The Morgan fingerprint density at radius 2 is 1.43 bits per heavy atom. The number of nitro groups is 2. The van der Waals surface area contributed by atoms with E-state index in [0.717, 1.165) is 0 Å². The minimum atomic E-state index is -0.933. The molecule has 0 unspecified atom stereocenters. The first-order chi connectivity index (χ1) is 6.51. The van der Waals surface area contributed by atoms with E-state index in [9.17, 15) is 20.2 Å². The molecule has 0 N–H and O–H groups in total. The van der Waals surface area contributed by atoms with Crippen molar-refractivity contribution in [1.82, 2.24) is 0 Å². The molecule has 0 amide bonds. The van der Waals surface area contributed by atoms with Gasteiger partial charge in [-0.15, -0.1) is 0 Å². The van der Waals surface area contributed by atoms with Crippen LogP contribution in [0, 0.1) is 32.1 Å². The Kier molecular flexibility index (Phi) is 1.11. The van der Waals surface area contributed by atoms with Crippen LogP contribution in [0.15, 0.2) is 0 Å². The van der Waals surface area contributed by atoms with Gasteiger partial charge in [-0.2, -0.15) is 0 Å². The lowest BCUT2D eigenvalue weighted by Crippen LogP contribution is -2.39. The zero-order valence-electron chi connectivity index (χ0n) is 7.51. The molecule has 6 heteroatoms. The molecule has 4 fully saturated rings. The van der Waals surface area contributed by atoms with Gasteiger partial charge in [-0.05, 0) is 6.42 Å². The molecule has 0 aromatic carbocycles. The second-order valence-electron chi connectivity index (χ2n) is 4.94. The second-order valence-corrected chi connectivity index (χ2v) is 4.94. The molecule has 14 heavy (non-hydrogen) atoms. The molecule has 4 aliphatic carbocycles. The van der Waals surface area contributed by atoms with Gasteiger partial charge in [0.15, 0.2) is 0 Å².